The van der Waals surface area contributed by atoms with Gasteiger partial charge in [-0.2, -0.15) is 0 Å². The highest BCUT2D eigenvalue weighted by Gasteiger charge is 2.32. The first-order valence-corrected chi connectivity index (χ1v) is 8.97. The smallest absolute Gasteiger partial charge is 0.267 e. The van der Waals surface area contributed by atoms with Crippen molar-refractivity contribution in [3.8, 4) is 0 Å². The predicted octanol–water partition coefficient (Wildman–Crippen LogP) is 4.10. The average molecular weight is 369 g/mol. The zero-order valence-corrected chi connectivity index (χ0v) is 14.1. The zero-order valence-electron chi connectivity index (χ0n) is 10.9. The number of benzene rings is 1. The lowest BCUT2D eigenvalue weighted by atomic mass is 10.2. The first-order chi connectivity index (χ1) is 9.66. The maximum Gasteiger partial charge on any atom is 0.267 e. The fraction of sp³-hybridized carbons (Fsp3) is 0.286. The predicted molar refractivity (Wildman–Crippen MR) is 87.2 cm³/mol. The number of amides is 1. The SMILES string of the molecule is Cc1ncsc1C(=O)N1CCSC1c1ccc(Br)cc1. The summed E-state index contributed by atoms with van der Waals surface area (Å²) in [5, 5.41) is 0.108. The van der Waals surface area contributed by atoms with Crippen molar-refractivity contribution in [3.05, 3.63) is 50.4 Å². The van der Waals surface area contributed by atoms with E-state index in [2.05, 4.69) is 33.0 Å². The molecule has 0 spiro atoms. The van der Waals surface area contributed by atoms with Gasteiger partial charge in [0.1, 0.15) is 10.3 Å². The highest BCUT2D eigenvalue weighted by molar-refractivity contribution is 9.10. The summed E-state index contributed by atoms with van der Waals surface area (Å²) >= 11 is 6.69. The summed E-state index contributed by atoms with van der Waals surface area (Å²) in [6.07, 6.45) is 0. The summed E-state index contributed by atoms with van der Waals surface area (Å²) in [7, 11) is 0. The molecule has 3 rings (SSSR count). The molecule has 1 aliphatic heterocycles. The van der Waals surface area contributed by atoms with Crippen LogP contribution in [-0.4, -0.2) is 28.1 Å². The minimum atomic E-state index is 0.0999. The number of nitrogens with zero attached hydrogens (tertiary/aromatic N) is 2. The van der Waals surface area contributed by atoms with E-state index in [1.807, 2.05) is 35.7 Å². The van der Waals surface area contributed by atoms with Crippen LogP contribution in [0.2, 0.25) is 0 Å². The minimum absolute atomic E-state index is 0.0999. The van der Waals surface area contributed by atoms with Crippen LogP contribution in [-0.2, 0) is 0 Å². The molecular weight excluding hydrogens is 356 g/mol. The molecule has 1 atom stereocenters. The molecular formula is C14H13BrN2OS2. The number of hydrogen-bond donors (Lipinski definition) is 0. The molecule has 1 aliphatic rings. The molecule has 1 aromatic heterocycles. The Morgan fingerprint density at radius 2 is 2.15 bits per heavy atom. The number of carbonyl (C=O) groups excluding carboxylic acids is 1. The molecule has 1 unspecified atom stereocenters. The Balaban J connectivity index is 1.87. The van der Waals surface area contributed by atoms with Crippen LogP contribution in [0.4, 0.5) is 0 Å². The molecule has 1 saturated heterocycles. The first kappa shape index (κ1) is 14.1. The van der Waals surface area contributed by atoms with Crippen LogP contribution in [0.5, 0.6) is 0 Å². The fourth-order valence-corrected chi connectivity index (χ4v) is 4.50. The van der Waals surface area contributed by atoms with Crippen LogP contribution in [0.15, 0.2) is 34.2 Å². The minimum Gasteiger partial charge on any atom is -0.321 e. The van der Waals surface area contributed by atoms with Crippen LogP contribution in [0.25, 0.3) is 0 Å². The normalized spacial score (nSPS) is 18.5. The van der Waals surface area contributed by atoms with Gasteiger partial charge in [-0.3, -0.25) is 4.79 Å². The molecule has 0 saturated carbocycles. The van der Waals surface area contributed by atoms with Gasteiger partial charge < -0.3 is 4.90 Å². The van der Waals surface area contributed by atoms with E-state index in [0.717, 1.165) is 27.3 Å². The Morgan fingerprint density at radius 1 is 1.40 bits per heavy atom. The topological polar surface area (TPSA) is 33.2 Å². The first-order valence-electron chi connectivity index (χ1n) is 6.25. The van der Waals surface area contributed by atoms with Crippen molar-refractivity contribution in [2.75, 3.05) is 12.3 Å². The van der Waals surface area contributed by atoms with Gasteiger partial charge in [-0.1, -0.05) is 28.1 Å². The summed E-state index contributed by atoms with van der Waals surface area (Å²) in [6.45, 7) is 2.68. The van der Waals surface area contributed by atoms with E-state index in [1.165, 1.54) is 16.9 Å². The molecule has 0 bridgehead atoms. The van der Waals surface area contributed by atoms with Gasteiger partial charge in [0.05, 0.1) is 11.2 Å². The van der Waals surface area contributed by atoms with Gasteiger partial charge in [-0.15, -0.1) is 23.1 Å². The van der Waals surface area contributed by atoms with E-state index in [4.69, 9.17) is 0 Å². The second kappa shape index (κ2) is 5.87. The molecule has 1 fully saturated rings. The van der Waals surface area contributed by atoms with E-state index in [1.54, 1.807) is 5.51 Å². The number of aryl methyl sites for hydroxylation is 1. The van der Waals surface area contributed by atoms with Crippen molar-refractivity contribution >= 4 is 44.9 Å². The molecule has 2 aromatic rings. The van der Waals surface area contributed by atoms with Crippen molar-refractivity contribution in [2.24, 2.45) is 0 Å². The molecule has 1 amide bonds. The van der Waals surface area contributed by atoms with Crippen LogP contribution >= 0.6 is 39.0 Å². The third-order valence-electron chi connectivity index (χ3n) is 3.25. The molecule has 104 valence electrons. The van der Waals surface area contributed by atoms with E-state index >= 15 is 0 Å². The summed E-state index contributed by atoms with van der Waals surface area (Å²) in [4.78, 5) is 19.5. The molecule has 0 radical (unpaired) electrons. The third kappa shape index (κ3) is 2.64. The van der Waals surface area contributed by atoms with Crippen LogP contribution < -0.4 is 0 Å². The highest BCUT2D eigenvalue weighted by Crippen LogP contribution is 2.39. The maximum atomic E-state index is 12.7. The van der Waals surface area contributed by atoms with Crippen LogP contribution in [0.1, 0.15) is 26.3 Å². The van der Waals surface area contributed by atoms with Crippen molar-refractivity contribution < 1.29 is 4.79 Å². The highest BCUT2D eigenvalue weighted by atomic mass is 79.9. The fourth-order valence-electron chi connectivity index (χ4n) is 2.22. The van der Waals surface area contributed by atoms with Gasteiger partial charge in [-0.05, 0) is 24.6 Å². The van der Waals surface area contributed by atoms with Gasteiger partial charge >= 0.3 is 0 Å². The summed E-state index contributed by atoms with van der Waals surface area (Å²) < 4.78 is 1.06. The second-order valence-corrected chi connectivity index (χ2v) is 7.50. The monoisotopic (exact) mass is 368 g/mol. The van der Waals surface area contributed by atoms with Crippen molar-refractivity contribution in [1.29, 1.82) is 0 Å². The molecule has 20 heavy (non-hydrogen) atoms. The van der Waals surface area contributed by atoms with Gasteiger partial charge in [0.2, 0.25) is 0 Å². The van der Waals surface area contributed by atoms with Crippen LogP contribution in [0, 0.1) is 6.92 Å². The number of carbonyl (C=O) groups is 1. The molecule has 2 heterocycles. The number of hydrogen-bond acceptors (Lipinski definition) is 4. The zero-order chi connectivity index (χ0) is 14.1. The molecule has 0 N–H and O–H groups in total. The second-order valence-electron chi connectivity index (χ2n) is 4.54. The quantitative estimate of drug-likeness (QED) is 0.799. The van der Waals surface area contributed by atoms with Gasteiger partial charge in [0.25, 0.3) is 5.91 Å². The Bertz CT molecular complexity index is 626. The molecule has 3 nitrogen and oxygen atoms in total. The lowest BCUT2D eigenvalue weighted by molar-refractivity contribution is 0.0764. The maximum absolute atomic E-state index is 12.7. The van der Waals surface area contributed by atoms with Crippen molar-refractivity contribution in [1.82, 2.24) is 9.88 Å². The summed E-state index contributed by atoms with van der Waals surface area (Å²) in [6, 6.07) is 8.20. The third-order valence-corrected chi connectivity index (χ3v) is 5.95. The Morgan fingerprint density at radius 3 is 2.80 bits per heavy atom. The summed E-state index contributed by atoms with van der Waals surface area (Å²) in [5.41, 5.74) is 3.73. The standard InChI is InChI=1S/C14H13BrN2OS2/c1-9-12(20-8-16-9)13(18)17-6-7-19-14(17)10-2-4-11(15)5-3-10/h2-5,8,14H,6-7H2,1H3. The van der Waals surface area contributed by atoms with E-state index < -0.39 is 0 Å². The lowest BCUT2D eigenvalue weighted by Gasteiger charge is -2.23. The van der Waals surface area contributed by atoms with Gasteiger partial charge in [0.15, 0.2) is 0 Å². The number of thiazole rings is 1. The van der Waals surface area contributed by atoms with Gasteiger partial charge in [0, 0.05) is 16.8 Å². The molecule has 6 heteroatoms. The van der Waals surface area contributed by atoms with Crippen molar-refractivity contribution in [3.63, 3.8) is 0 Å². The van der Waals surface area contributed by atoms with E-state index in [0.29, 0.717) is 0 Å². The summed E-state index contributed by atoms with van der Waals surface area (Å²) in [5.74, 6) is 1.08. The Hall–Kier alpha value is -0.850. The van der Waals surface area contributed by atoms with Crippen molar-refractivity contribution in [2.45, 2.75) is 12.3 Å². The number of rotatable bonds is 2. The largest absolute Gasteiger partial charge is 0.321 e. The Kier molecular flexibility index (Phi) is 4.14. The Labute approximate surface area is 134 Å². The van der Waals surface area contributed by atoms with E-state index in [9.17, 15) is 4.79 Å². The van der Waals surface area contributed by atoms with E-state index in [-0.39, 0.29) is 11.3 Å². The average Bonchev–Trinajstić information content (AvgIpc) is 3.07. The molecule has 0 aliphatic carbocycles. The number of aromatic nitrogens is 1. The number of halogens is 1. The molecule has 1 aromatic carbocycles. The van der Waals surface area contributed by atoms with Crippen LogP contribution in [0.3, 0.4) is 0 Å². The number of thioether (sulfide) groups is 1. The van der Waals surface area contributed by atoms with Gasteiger partial charge in [-0.25, -0.2) is 4.98 Å². The lowest BCUT2D eigenvalue weighted by Crippen LogP contribution is -2.30.